The van der Waals surface area contributed by atoms with E-state index in [2.05, 4.69) is 10.3 Å². The van der Waals surface area contributed by atoms with Gasteiger partial charge in [-0.15, -0.1) is 0 Å². The predicted molar refractivity (Wildman–Crippen MR) is 78.5 cm³/mol. The Hall–Kier alpha value is -1.49. The lowest BCUT2D eigenvalue weighted by molar-refractivity contribution is 0.00414. The Morgan fingerprint density at radius 3 is 3.15 bits per heavy atom. The fraction of sp³-hybridized carbons (Fsp3) is 0.438. The maximum Gasteiger partial charge on any atom is 0.0890 e. The minimum atomic E-state index is -0.890. The molecule has 2 aromatic rings. The monoisotopic (exact) mass is 272 g/mol. The van der Waals surface area contributed by atoms with E-state index in [0.717, 1.165) is 29.5 Å². The molecule has 4 heteroatoms. The first-order valence-corrected chi connectivity index (χ1v) is 7.03. The van der Waals surface area contributed by atoms with Crippen molar-refractivity contribution in [1.82, 2.24) is 10.3 Å². The predicted octanol–water partition coefficient (Wildman–Crippen LogP) is 1.82. The van der Waals surface area contributed by atoms with Crippen LogP contribution in [-0.2, 0) is 10.3 Å². The third kappa shape index (κ3) is 2.68. The van der Waals surface area contributed by atoms with E-state index in [4.69, 9.17) is 4.74 Å². The van der Waals surface area contributed by atoms with Crippen LogP contribution < -0.4 is 5.32 Å². The molecule has 4 nitrogen and oxygen atoms in total. The van der Waals surface area contributed by atoms with Crippen molar-refractivity contribution < 1.29 is 9.84 Å². The fourth-order valence-corrected chi connectivity index (χ4v) is 2.93. The second kappa shape index (κ2) is 5.48. The molecule has 1 fully saturated rings. The Labute approximate surface area is 118 Å². The van der Waals surface area contributed by atoms with Crippen LogP contribution in [0.1, 0.15) is 18.9 Å². The van der Waals surface area contributed by atoms with Crippen molar-refractivity contribution in [3.05, 3.63) is 42.2 Å². The van der Waals surface area contributed by atoms with E-state index in [9.17, 15) is 5.11 Å². The van der Waals surface area contributed by atoms with Crippen molar-refractivity contribution in [2.24, 2.45) is 0 Å². The normalized spacial score (nSPS) is 22.6. The van der Waals surface area contributed by atoms with Crippen molar-refractivity contribution in [1.29, 1.82) is 0 Å². The molecule has 106 valence electrons. The van der Waals surface area contributed by atoms with Crippen molar-refractivity contribution >= 4 is 10.8 Å². The number of ether oxygens (including phenoxy) is 1. The Kier molecular flexibility index (Phi) is 3.70. The average molecular weight is 272 g/mol. The number of aliphatic hydroxyl groups is 1. The first kappa shape index (κ1) is 13.5. The minimum absolute atomic E-state index is 0.191. The number of rotatable bonds is 3. The molecule has 0 radical (unpaired) electrons. The molecular weight excluding hydrogens is 252 g/mol. The van der Waals surface area contributed by atoms with Crippen LogP contribution in [0.4, 0.5) is 0 Å². The molecule has 20 heavy (non-hydrogen) atoms. The summed E-state index contributed by atoms with van der Waals surface area (Å²) >= 11 is 0. The summed E-state index contributed by atoms with van der Waals surface area (Å²) in [6.07, 6.45) is 4.23. The molecule has 0 aliphatic carbocycles. The van der Waals surface area contributed by atoms with E-state index in [1.54, 1.807) is 6.20 Å². The molecule has 1 aromatic heterocycles. The summed E-state index contributed by atoms with van der Waals surface area (Å²) in [4.78, 5) is 4.14. The Bertz CT molecular complexity index is 587. The number of morpholine rings is 1. The zero-order valence-corrected chi connectivity index (χ0v) is 11.7. The number of fused-ring (bicyclic) bond motifs is 1. The fourth-order valence-electron chi connectivity index (χ4n) is 2.93. The summed E-state index contributed by atoms with van der Waals surface area (Å²) in [6.45, 7) is 4.12. The summed E-state index contributed by atoms with van der Waals surface area (Å²) in [5.74, 6) is 0. The van der Waals surface area contributed by atoms with Crippen LogP contribution in [0.2, 0.25) is 0 Å². The van der Waals surface area contributed by atoms with E-state index < -0.39 is 5.60 Å². The molecule has 2 atom stereocenters. The van der Waals surface area contributed by atoms with Gasteiger partial charge in [-0.3, -0.25) is 4.98 Å². The van der Waals surface area contributed by atoms with Crippen LogP contribution in [0.5, 0.6) is 0 Å². The highest BCUT2D eigenvalue weighted by atomic mass is 16.5. The first-order chi connectivity index (χ1) is 9.67. The molecule has 3 rings (SSSR count). The molecule has 2 unspecified atom stereocenters. The molecule has 2 N–H and O–H groups in total. The van der Waals surface area contributed by atoms with E-state index in [1.807, 2.05) is 37.4 Å². The lowest BCUT2D eigenvalue weighted by Crippen LogP contribution is -2.45. The van der Waals surface area contributed by atoms with Gasteiger partial charge in [0.25, 0.3) is 0 Å². The Morgan fingerprint density at radius 1 is 1.45 bits per heavy atom. The maximum atomic E-state index is 10.9. The number of hydrogen-bond donors (Lipinski definition) is 2. The van der Waals surface area contributed by atoms with Crippen LogP contribution in [0.15, 0.2) is 36.7 Å². The lowest BCUT2D eigenvalue weighted by Gasteiger charge is -2.32. The third-order valence-corrected chi connectivity index (χ3v) is 3.90. The summed E-state index contributed by atoms with van der Waals surface area (Å²) in [5, 5.41) is 16.4. The standard InChI is InChI=1S/C16H20N2O2/c1-16(19,9-13-11-20-8-7-18-13)15-4-2-3-12-10-17-6-5-14(12)15/h2-6,10,13,18-19H,7-9,11H2,1H3. The van der Waals surface area contributed by atoms with Crippen LogP contribution >= 0.6 is 0 Å². The Morgan fingerprint density at radius 2 is 2.35 bits per heavy atom. The number of aromatic nitrogens is 1. The third-order valence-electron chi connectivity index (χ3n) is 3.90. The first-order valence-electron chi connectivity index (χ1n) is 7.03. The van der Waals surface area contributed by atoms with Gasteiger partial charge in [-0.1, -0.05) is 18.2 Å². The zero-order chi connectivity index (χ0) is 14.0. The van der Waals surface area contributed by atoms with E-state index in [0.29, 0.717) is 13.0 Å². The van der Waals surface area contributed by atoms with Crippen LogP contribution in [-0.4, -0.2) is 35.9 Å². The Balaban J connectivity index is 1.91. The maximum absolute atomic E-state index is 10.9. The molecule has 0 saturated carbocycles. The van der Waals surface area contributed by atoms with Crippen molar-refractivity contribution in [2.75, 3.05) is 19.8 Å². The van der Waals surface area contributed by atoms with Crippen molar-refractivity contribution in [2.45, 2.75) is 25.0 Å². The van der Waals surface area contributed by atoms with Gasteiger partial charge in [-0.05, 0) is 30.4 Å². The lowest BCUT2D eigenvalue weighted by atomic mass is 9.86. The smallest absolute Gasteiger partial charge is 0.0890 e. The number of nitrogens with zero attached hydrogens (tertiary/aromatic N) is 1. The highest BCUT2D eigenvalue weighted by Crippen LogP contribution is 2.32. The van der Waals surface area contributed by atoms with Crippen molar-refractivity contribution in [3.8, 4) is 0 Å². The molecule has 0 amide bonds. The topological polar surface area (TPSA) is 54.4 Å². The summed E-state index contributed by atoms with van der Waals surface area (Å²) in [7, 11) is 0. The van der Waals surface area contributed by atoms with E-state index >= 15 is 0 Å². The number of benzene rings is 1. The van der Waals surface area contributed by atoms with Gasteiger partial charge in [0, 0.05) is 30.4 Å². The SMILES string of the molecule is CC(O)(CC1COCCN1)c1cccc2cnccc12. The van der Waals surface area contributed by atoms with Crippen molar-refractivity contribution in [3.63, 3.8) is 0 Å². The number of nitrogens with one attached hydrogen (secondary N) is 1. The molecule has 1 aliphatic rings. The minimum Gasteiger partial charge on any atom is -0.385 e. The highest BCUT2D eigenvalue weighted by Gasteiger charge is 2.29. The average Bonchev–Trinajstić information content (AvgIpc) is 2.47. The van der Waals surface area contributed by atoms with Gasteiger partial charge >= 0.3 is 0 Å². The quantitative estimate of drug-likeness (QED) is 0.895. The van der Waals surface area contributed by atoms with Crippen LogP contribution in [0.25, 0.3) is 10.8 Å². The summed E-state index contributed by atoms with van der Waals surface area (Å²) in [6, 6.07) is 8.13. The number of pyridine rings is 1. The second-order valence-electron chi connectivity index (χ2n) is 5.61. The van der Waals surface area contributed by atoms with Gasteiger partial charge in [0.1, 0.15) is 0 Å². The van der Waals surface area contributed by atoms with Crippen LogP contribution in [0, 0.1) is 0 Å². The molecular formula is C16H20N2O2. The van der Waals surface area contributed by atoms with Gasteiger partial charge in [0.05, 0.1) is 18.8 Å². The van der Waals surface area contributed by atoms with E-state index in [1.165, 1.54) is 0 Å². The molecule has 2 heterocycles. The second-order valence-corrected chi connectivity index (χ2v) is 5.61. The number of hydrogen-bond acceptors (Lipinski definition) is 4. The van der Waals surface area contributed by atoms with Gasteiger partial charge in [0.15, 0.2) is 0 Å². The van der Waals surface area contributed by atoms with Crippen LogP contribution in [0.3, 0.4) is 0 Å². The molecule has 1 aromatic carbocycles. The summed E-state index contributed by atoms with van der Waals surface area (Å²) in [5.41, 5.74) is 0.0592. The van der Waals surface area contributed by atoms with Gasteiger partial charge < -0.3 is 15.2 Å². The highest BCUT2D eigenvalue weighted by molar-refractivity contribution is 5.85. The van der Waals surface area contributed by atoms with E-state index in [-0.39, 0.29) is 6.04 Å². The van der Waals surface area contributed by atoms with Gasteiger partial charge in [-0.2, -0.15) is 0 Å². The molecule has 0 spiro atoms. The van der Waals surface area contributed by atoms with Gasteiger partial charge in [-0.25, -0.2) is 0 Å². The molecule has 1 aliphatic heterocycles. The molecule has 1 saturated heterocycles. The largest absolute Gasteiger partial charge is 0.385 e. The zero-order valence-electron chi connectivity index (χ0n) is 11.7. The summed E-state index contributed by atoms with van der Waals surface area (Å²) < 4.78 is 5.47. The van der Waals surface area contributed by atoms with Gasteiger partial charge in [0.2, 0.25) is 0 Å². The molecule has 0 bridgehead atoms.